The molecule has 0 atom stereocenters. The highest BCUT2D eigenvalue weighted by molar-refractivity contribution is 7.17. The lowest BCUT2D eigenvalue weighted by Crippen LogP contribution is -2.24. The van der Waals surface area contributed by atoms with Gasteiger partial charge < -0.3 is 20.1 Å². The molecule has 3 aromatic heterocycles. The number of hydrogen-bond acceptors (Lipinski definition) is 8. The van der Waals surface area contributed by atoms with Crippen LogP contribution in [0.15, 0.2) is 54.0 Å². The van der Waals surface area contributed by atoms with Crippen molar-refractivity contribution in [2.24, 2.45) is 0 Å². The second-order valence-corrected chi connectivity index (χ2v) is 7.54. The number of fused-ring (bicyclic) bond motifs is 1. The summed E-state index contributed by atoms with van der Waals surface area (Å²) in [6.07, 6.45) is 1.67. The van der Waals surface area contributed by atoms with Gasteiger partial charge >= 0.3 is 0 Å². The van der Waals surface area contributed by atoms with Crippen molar-refractivity contribution in [3.63, 3.8) is 0 Å². The van der Waals surface area contributed by atoms with E-state index in [0.717, 1.165) is 27.1 Å². The molecule has 9 heteroatoms. The van der Waals surface area contributed by atoms with Gasteiger partial charge in [-0.05, 0) is 34.7 Å². The summed E-state index contributed by atoms with van der Waals surface area (Å²) >= 11 is 1.44. The molecular weight excluding hydrogens is 414 g/mol. The smallest absolute Gasteiger partial charge is 0.271 e. The molecule has 31 heavy (non-hydrogen) atoms. The predicted molar refractivity (Wildman–Crippen MR) is 120 cm³/mol. The number of aromatic nitrogens is 3. The fourth-order valence-corrected chi connectivity index (χ4v) is 3.74. The number of benzene rings is 1. The summed E-state index contributed by atoms with van der Waals surface area (Å²) in [6, 6.07) is 13.2. The zero-order chi connectivity index (χ0) is 21.6. The average molecular weight is 436 g/mol. The summed E-state index contributed by atoms with van der Waals surface area (Å²) < 4.78 is 11.0. The van der Waals surface area contributed by atoms with E-state index in [1.165, 1.54) is 11.3 Å². The number of nitrogens with one attached hydrogen (secondary N) is 2. The Bertz CT molecular complexity index is 1180. The second kappa shape index (κ2) is 9.40. The second-order valence-electron chi connectivity index (χ2n) is 6.62. The van der Waals surface area contributed by atoms with Gasteiger partial charge in [0.2, 0.25) is 11.8 Å². The fourth-order valence-electron chi connectivity index (χ4n) is 2.92. The lowest BCUT2D eigenvalue weighted by Gasteiger charge is -2.09. The van der Waals surface area contributed by atoms with Crippen LogP contribution < -0.4 is 20.1 Å². The van der Waals surface area contributed by atoms with Crippen molar-refractivity contribution >= 4 is 33.4 Å². The van der Waals surface area contributed by atoms with Crippen molar-refractivity contribution in [2.45, 2.75) is 13.1 Å². The molecule has 0 fully saturated rings. The van der Waals surface area contributed by atoms with Crippen molar-refractivity contribution in [2.75, 3.05) is 19.5 Å². The molecule has 0 unspecified atom stereocenters. The minimum absolute atomic E-state index is 0.266. The molecule has 0 saturated carbocycles. The minimum atomic E-state index is -0.266. The van der Waals surface area contributed by atoms with E-state index in [4.69, 9.17) is 9.47 Å². The highest BCUT2D eigenvalue weighted by Crippen LogP contribution is 2.24. The standard InChI is InChI=1S/C22H21N5O3S/c1-29-16-6-3-14(4-7-16)11-25-22-26-17-9-10-31-20(17)19(27-22)21(28)24-13-15-5-8-18(30-2)23-12-15/h3-10,12H,11,13H2,1-2H3,(H,24,28)(H,25,26,27). The van der Waals surface area contributed by atoms with Gasteiger partial charge in [0.05, 0.1) is 24.4 Å². The quantitative estimate of drug-likeness (QED) is 0.436. The number of carbonyl (C=O) groups is 1. The van der Waals surface area contributed by atoms with Crippen molar-refractivity contribution < 1.29 is 14.3 Å². The van der Waals surface area contributed by atoms with Crippen LogP contribution in [0.25, 0.3) is 10.2 Å². The number of hydrogen-bond donors (Lipinski definition) is 2. The third-order valence-electron chi connectivity index (χ3n) is 4.59. The van der Waals surface area contributed by atoms with E-state index in [-0.39, 0.29) is 5.91 Å². The van der Waals surface area contributed by atoms with Crippen LogP contribution >= 0.6 is 11.3 Å². The molecule has 0 spiro atoms. The summed E-state index contributed by atoms with van der Waals surface area (Å²) in [5.74, 6) is 1.46. The Balaban J connectivity index is 1.48. The van der Waals surface area contributed by atoms with Gasteiger partial charge in [0.15, 0.2) is 5.69 Å². The molecule has 0 bridgehead atoms. The number of pyridine rings is 1. The number of methoxy groups -OCH3 is 2. The van der Waals surface area contributed by atoms with E-state index in [1.54, 1.807) is 26.5 Å². The van der Waals surface area contributed by atoms with Crippen molar-refractivity contribution in [3.05, 3.63) is 70.9 Å². The zero-order valence-corrected chi connectivity index (χ0v) is 17.9. The first kappa shape index (κ1) is 20.5. The van der Waals surface area contributed by atoms with E-state index in [9.17, 15) is 4.79 Å². The molecule has 0 saturated heterocycles. The molecule has 3 heterocycles. The van der Waals surface area contributed by atoms with Crippen molar-refractivity contribution in [1.82, 2.24) is 20.3 Å². The summed E-state index contributed by atoms with van der Waals surface area (Å²) in [7, 11) is 3.19. The number of amides is 1. The number of ether oxygens (including phenoxy) is 2. The number of anilines is 1. The maximum atomic E-state index is 12.9. The van der Waals surface area contributed by atoms with Crippen LogP contribution in [0.1, 0.15) is 21.6 Å². The fraction of sp³-hybridized carbons (Fsp3) is 0.182. The Morgan fingerprint density at radius 1 is 0.968 bits per heavy atom. The molecule has 0 radical (unpaired) electrons. The largest absolute Gasteiger partial charge is 0.497 e. The highest BCUT2D eigenvalue weighted by atomic mass is 32.1. The van der Waals surface area contributed by atoms with Gasteiger partial charge in [-0.2, -0.15) is 0 Å². The van der Waals surface area contributed by atoms with E-state index in [0.29, 0.717) is 30.6 Å². The first-order valence-electron chi connectivity index (χ1n) is 9.55. The van der Waals surface area contributed by atoms with Crippen LogP contribution in [0.4, 0.5) is 5.95 Å². The first-order valence-corrected chi connectivity index (χ1v) is 10.4. The number of thiophene rings is 1. The molecule has 0 aliphatic carbocycles. The van der Waals surface area contributed by atoms with Crippen LogP contribution in [0.3, 0.4) is 0 Å². The molecule has 4 aromatic rings. The highest BCUT2D eigenvalue weighted by Gasteiger charge is 2.16. The molecule has 158 valence electrons. The number of rotatable bonds is 8. The lowest BCUT2D eigenvalue weighted by molar-refractivity contribution is 0.0948. The molecule has 1 amide bonds. The van der Waals surface area contributed by atoms with Crippen LogP contribution in [0, 0.1) is 0 Å². The third-order valence-corrected chi connectivity index (χ3v) is 5.50. The Hall–Kier alpha value is -3.72. The van der Waals surface area contributed by atoms with Gasteiger partial charge in [0.25, 0.3) is 5.91 Å². The third kappa shape index (κ3) is 4.89. The molecular formula is C22H21N5O3S. The Morgan fingerprint density at radius 2 is 1.77 bits per heavy atom. The summed E-state index contributed by atoms with van der Waals surface area (Å²) in [5.41, 5.74) is 2.99. The van der Waals surface area contributed by atoms with E-state index >= 15 is 0 Å². The predicted octanol–water partition coefficient (Wildman–Crippen LogP) is 3.65. The number of nitrogens with zero attached hydrogens (tertiary/aromatic N) is 3. The number of carbonyl (C=O) groups excluding carboxylic acids is 1. The molecule has 1 aromatic carbocycles. The maximum absolute atomic E-state index is 12.9. The van der Waals surface area contributed by atoms with Crippen LogP contribution in [-0.2, 0) is 13.1 Å². The van der Waals surface area contributed by atoms with Gasteiger partial charge in [-0.25, -0.2) is 15.0 Å². The Labute approximate surface area is 183 Å². The zero-order valence-electron chi connectivity index (χ0n) is 17.1. The molecule has 0 aliphatic rings. The summed E-state index contributed by atoms with van der Waals surface area (Å²) in [4.78, 5) is 26.0. The van der Waals surface area contributed by atoms with Crippen molar-refractivity contribution in [3.8, 4) is 11.6 Å². The summed E-state index contributed by atoms with van der Waals surface area (Å²) in [6.45, 7) is 0.861. The van der Waals surface area contributed by atoms with Gasteiger partial charge in [0, 0.05) is 25.4 Å². The molecule has 4 rings (SSSR count). The average Bonchev–Trinajstić information content (AvgIpc) is 3.30. The van der Waals surface area contributed by atoms with Gasteiger partial charge in [-0.15, -0.1) is 11.3 Å². The first-order chi connectivity index (χ1) is 15.2. The van der Waals surface area contributed by atoms with E-state index in [2.05, 4.69) is 25.6 Å². The van der Waals surface area contributed by atoms with Gasteiger partial charge in [0.1, 0.15) is 5.75 Å². The minimum Gasteiger partial charge on any atom is -0.497 e. The molecule has 2 N–H and O–H groups in total. The van der Waals surface area contributed by atoms with E-state index in [1.807, 2.05) is 41.8 Å². The van der Waals surface area contributed by atoms with Crippen LogP contribution in [0.5, 0.6) is 11.6 Å². The lowest BCUT2D eigenvalue weighted by atomic mass is 10.2. The Kier molecular flexibility index (Phi) is 6.23. The maximum Gasteiger partial charge on any atom is 0.271 e. The SMILES string of the molecule is COc1ccc(CNc2nc(C(=O)NCc3ccc(OC)nc3)c3sccc3n2)cc1. The molecule has 8 nitrogen and oxygen atoms in total. The van der Waals surface area contributed by atoms with Crippen molar-refractivity contribution in [1.29, 1.82) is 0 Å². The normalized spacial score (nSPS) is 10.6. The van der Waals surface area contributed by atoms with Gasteiger partial charge in [-0.3, -0.25) is 4.79 Å². The monoisotopic (exact) mass is 435 g/mol. The molecule has 0 aliphatic heterocycles. The van der Waals surface area contributed by atoms with Gasteiger partial charge in [-0.1, -0.05) is 18.2 Å². The Morgan fingerprint density at radius 3 is 2.48 bits per heavy atom. The van der Waals surface area contributed by atoms with Crippen LogP contribution in [-0.4, -0.2) is 35.1 Å². The summed E-state index contributed by atoms with van der Waals surface area (Å²) in [5, 5.41) is 8.00. The topological polar surface area (TPSA) is 98.3 Å². The van der Waals surface area contributed by atoms with E-state index < -0.39 is 0 Å². The van der Waals surface area contributed by atoms with Crippen LogP contribution in [0.2, 0.25) is 0 Å².